The summed E-state index contributed by atoms with van der Waals surface area (Å²) in [5, 5.41) is 9.63. The number of amides is 3. The lowest BCUT2D eigenvalue weighted by Crippen LogP contribution is -2.43. The summed E-state index contributed by atoms with van der Waals surface area (Å²) < 4.78 is 5.27. The van der Waals surface area contributed by atoms with Crippen LogP contribution in [0.2, 0.25) is 0 Å². The molecule has 0 radical (unpaired) electrons. The molecule has 2 heterocycles. The number of carbonyl (C=O) groups is 2. The number of hydrogen-bond acceptors (Lipinski definition) is 4. The SMILES string of the molecule is COc1ccc([C@H]2[C@@H]3CN(C(=O)C4(CO)CC4)C[C@@H]3CN2C(=O)N(C)C)cc1. The number of nitrogens with zero attached hydrogens (tertiary/aromatic N) is 3. The Kier molecular flexibility index (Phi) is 4.73. The summed E-state index contributed by atoms with van der Waals surface area (Å²) in [6.45, 7) is 1.88. The number of urea groups is 1. The lowest BCUT2D eigenvalue weighted by Gasteiger charge is -2.32. The number of aliphatic hydroxyl groups excluding tert-OH is 1. The predicted molar refractivity (Wildman–Crippen MR) is 104 cm³/mol. The first-order chi connectivity index (χ1) is 13.4. The van der Waals surface area contributed by atoms with Gasteiger partial charge in [-0.25, -0.2) is 4.79 Å². The minimum absolute atomic E-state index is 0.00196. The number of methoxy groups -OCH3 is 1. The van der Waals surface area contributed by atoms with Crippen LogP contribution in [0.25, 0.3) is 0 Å². The highest BCUT2D eigenvalue weighted by Crippen LogP contribution is 2.50. The molecule has 1 N–H and O–H groups in total. The fourth-order valence-corrected chi connectivity index (χ4v) is 4.82. The molecule has 3 atom stereocenters. The normalized spacial score (nSPS) is 27.5. The van der Waals surface area contributed by atoms with E-state index >= 15 is 0 Å². The van der Waals surface area contributed by atoms with Crippen LogP contribution < -0.4 is 4.74 Å². The van der Waals surface area contributed by atoms with Crippen LogP contribution in [0.1, 0.15) is 24.4 Å². The molecular formula is C21H29N3O4. The first kappa shape index (κ1) is 19.1. The molecule has 1 saturated carbocycles. The lowest BCUT2D eigenvalue weighted by molar-refractivity contribution is -0.137. The quantitative estimate of drug-likeness (QED) is 0.851. The molecule has 3 aliphatic rings. The summed E-state index contributed by atoms with van der Waals surface area (Å²) in [5.41, 5.74) is 0.536. The van der Waals surface area contributed by atoms with Gasteiger partial charge in [0.05, 0.1) is 25.2 Å². The molecule has 4 rings (SSSR count). The van der Waals surface area contributed by atoms with Crippen molar-refractivity contribution in [1.29, 1.82) is 0 Å². The zero-order chi connectivity index (χ0) is 20.1. The van der Waals surface area contributed by atoms with Crippen LogP contribution in [-0.2, 0) is 4.79 Å². The van der Waals surface area contributed by atoms with Crippen molar-refractivity contribution in [3.05, 3.63) is 29.8 Å². The van der Waals surface area contributed by atoms with Crippen LogP contribution in [0, 0.1) is 17.3 Å². The summed E-state index contributed by atoms with van der Waals surface area (Å²) in [6.07, 6.45) is 1.56. The van der Waals surface area contributed by atoms with Crippen LogP contribution >= 0.6 is 0 Å². The zero-order valence-corrected chi connectivity index (χ0v) is 16.8. The average Bonchev–Trinajstić information content (AvgIpc) is 3.28. The summed E-state index contributed by atoms with van der Waals surface area (Å²) in [7, 11) is 5.18. The van der Waals surface area contributed by atoms with E-state index in [4.69, 9.17) is 4.74 Å². The van der Waals surface area contributed by atoms with Gasteiger partial charge in [0.1, 0.15) is 5.75 Å². The Morgan fingerprint density at radius 2 is 1.86 bits per heavy atom. The topological polar surface area (TPSA) is 73.3 Å². The van der Waals surface area contributed by atoms with Gasteiger partial charge in [-0.3, -0.25) is 4.79 Å². The molecule has 28 heavy (non-hydrogen) atoms. The highest BCUT2D eigenvalue weighted by molar-refractivity contribution is 5.86. The number of rotatable bonds is 4. The third kappa shape index (κ3) is 3.02. The summed E-state index contributed by atoms with van der Waals surface area (Å²) in [4.78, 5) is 31.2. The summed E-state index contributed by atoms with van der Waals surface area (Å²) in [5.74, 6) is 1.33. The summed E-state index contributed by atoms with van der Waals surface area (Å²) in [6, 6.07) is 7.81. The molecule has 1 aromatic carbocycles. The van der Waals surface area contributed by atoms with Gasteiger partial charge in [-0.15, -0.1) is 0 Å². The third-order valence-electron chi connectivity index (χ3n) is 6.65. The molecular weight excluding hydrogens is 358 g/mol. The molecule has 3 fully saturated rings. The molecule has 1 aromatic rings. The van der Waals surface area contributed by atoms with Crippen LogP contribution in [0.4, 0.5) is 4.79 Å². The van der Waals surface area contributed by atoms with Gasteiger partial charge < -0.3 is 24.5 Å². The van der Waals surface area contributed by atoms with Crippen molar-refractivity contribution < 1.29 is 19.4 Å². The van der Waals surface area contributed by atoms with Crippen molar-refractivity contribution in [2.24, 2.45) is 17.3 Å². The average molecular weight is 387 g/mol. The molecule has 152 valence electrons. The fourth-order valence-electron chi connectivity index (χ4n) is 4.82. The zero-order valence-electron chi connectivity index (χ0n) is 16.8. The van der Waals surface area contributed by atoms with E-state index in [0.717, 1.165) is 24.2 Å². The molecule has 7 nitrogen and oxygen atoms in total. The smallest absolute Gasteiger partial charge is 0.320 e. The van der Waals surface area contributed by atoms with E-state index in [2.05, 4.69) is 0 Å². The van der Waals surface area contributed by atoms with E-state index in [1.165, 1.54) is 0 Å². The lowest BCUT2D eigenvalue weighted by atomic mass is 9.89. The van der Waals surface area contributed by atoms with E-state index in [1.807, 2.05) is 34.1 Å². The van der Waals surface area contributed by atoms with Crippen molar-refractivity contribution in [2.75, 3.05) is 47.4 Å². The number of benzene rings is 1. The van der Waals surface area contributed by atoms with Gasteiger partial charge in [0.25, 0.3) is 0 Å². The maximum Gasteiger partial charge on any atom is 0.320 e. The van der Waals surface area contributed by atoms with E-state index in [0.29, 0.717) is 19.6 Å². The Balaban J connectivity index is 1.59. The monoisotopic (exact) mass is 387 g/mol. The molecule has 0 aromatic heterocycles. The van der Waals surface area contributed by atoms with E-state index < -0.39 is 5.41 Å². The Morgan fingerprint density at radius 3 is 2.39 bits per heavy atom. The summed E-state index contributed by atoms with van der Waals surface area (Å²) >= 11 is 0. The standard InChI is InChI=1S/C21H29N3O4/c1-22(2)20(27)24-11-15-10-23(19(26)21(13-25)8-9-21)12-17(15)18(24)14-4-6-16(28-3)7-5-14/h4-7,15,17-18,25H,8-13H2,1-3H3/t15-,17-,18+/m1/s1. The number of aliphatic hydroxyl groups is 1. The molecule has 1 aliphatic carbocycles. The highest BCUT2D eigenvalue weighted by atomic mass is 16.5. The molecule has 2 aliphatic heterocycles. The van der Waals surface area contributed by atoms with Gasteiger partial charge in [-0.2, -0.15) is 0 Å². The minimum atomic E-state index is -0.534. The predicted octanol–water partition coefficient (Wildman–Crippen LogP) is 1.58. The van der Waals surface area contributed by atoms with Crippen LogP contribution in [-0.4, -0.2) is 79.2 Å². The number of hydrogen-bond donors (Lipinski definition) is 1. The van der Waals surface area contributed by atoms with Gasteiger partial charge in [0.15, 0.2) is 0 Å². The first-order valence-electron chi connectivity index (χ1n) is 9.92. The number of likely N-dealkylation sites (tertiary alicyclic amines) is 2. The largest absolute Gasteiger partial charge is 0.497 e. The number of fused-ring (bicyclic) bond motifs is 1. The first-order valence-corrected chi connectivity index (χ1v) is 9.92. The second-order valence-electron chi connectivity index (χ2n) is 8.62. The Bertz CT molecular complexity index is 759. The fraction of sp³-hybridized carbons (Fsp3) is 0.619. The van der Waals surface area contributed by atoms with Crippen LogP contribution in [0.15, 0.2) is 24.3 Å². The molecule has 2 saturated heterocycles. The minimum Gasteiger partial charge on any atom is -0.497 e. The van der Waals surface area contributed by atoms with Crippen LogP contribution in [0.5, 0.6) is 5.75 Å². The van der Waals surface area contributed by atoms with E-state index in [-0.39, 0.29) is 36.4 Å². The van der Waals surface area contributed by atoms with Crippen molar-refractivity contribution in [2.45, 2.75) is 18.9 Å². The highest BCUT2D eigenvalue weighted by Gasteiger charge is 2.56. The maximum absolute atomic E-state index is 12.9. The van der Waals surface area contributed by atoms with Gasteiger partial charge in [-0.1, -0.05) is 12.1 Å². The Hall–Kier alpha value is -2.28. The van der Waals surface area contributed by atoms with Gasteiger partial charge >= 0.3 is 6.03 Å². The Morgan fingerprint density at radius 1 is 1.18 bits per heavy atom. The maximum atomic E-state index is 12.9. The third-order valence-corrected chi connectivity index (χ3v) is 6.65. The van der Waals surface area contributed by atoms with Gasteiger partial charge in [0, 0.05) is 45.6 Å². The van der Waals surface area contributed by atoms with E-state index in [9.17, 15) is 14.7 Å². The van der Waals surface area contributed by atoms with E-state index in [1.54, 1.807) is 26.1 Å². The van der Waals surface area contributed by atoms with Gasteiger partial charge in [0.2, 0.25) is 5.91 Å². The van der Waals surface area contributed by atoms with Crippen molar-refractivity contribution in [3.63, 3.8) is 0 Å². The Labute approximate surface area is 165 Å². The van der Waals surface area contributed by atoms with Crippen molar-refractivity contribution >= 4 is 11.9 Å². The number of carbonyl (C=O) groups excluding carboxylic acids is 2. The van der Waals surface area contributed by atoms with Crippen molar-refractivity contribution in [1.82, 2.24) is 14.7 Å². The molecule has 0 spiro atoms. The molecule has 0 unspecified atom stereocenters. The van der Waals surface area contributed by atoms with Crippen LogP contribution in [0.3, 0.4) is 0 Å². The second-order valence-corrected chi connectivity index (χ2v) is 8.62. The van der Waals surface area contributed by atoms with Gasteiger partial charge in [-0.05, 0) is 30.5 Å². The molecule has 0 bridgehead atoms. The molecule has 3 amide bonds. The number of ether oxygens (including phenoxy) is 1. The van der Waals surface area contributed by atoms with Crippen molar-refractivity contribution in [3.8, 4) is 5.75 Å². The molecule has 7 heteroatoms. The second kappa shape index (κ2) is 6.95.